The van der Waals surface area contributed by atoms with Crippen molar-refractivity contribution in [1.82, 2.24) is 9.55 Å². The molecule has 21 heavy (non-hydrogen) atoms. The van der Waals surface area contributed by atoms with Gasteiger partial charge in [0.2, 0.25) is 0 Å². The van der Waals surface area contributed by atoms with Gasteiger partial charge in [0, 0.05) is 6.61 Å². The van der Waals surface area contributed by atoms with Crippen LogP contribution in [0.1, 0.15) is 23.2 Å². The molecule has 3 rings (SSSR count). The maximum Gasteiger partial charge on any atom is 0.335 e. The standard InChI is InChI=1S/C14H14N2O5/c17-12-10-4-3-8(13(18)19)6-11(10)15-14(20)16(12)7-9-2-1-5-21-9/h3-4,6,9H,1-2,5,7H2,(H,15,20)(H,18,19). The van der Waals surface area contributed by atoms with E-state index >= 15 is 0 Å². The van der Waals surface area contributed by atoms with Gasteiger partial charge in [-0.25, -0.2) is 9.59 Å². The van der Waals surface area contributed by atoms with Crippen LogP contribution in [0, 0.1) is 0 Å². The summed E-state index contributed by atoms with van der Waals surface area (Å²) < 4.78 is 6.55. The van der Waals surface area contributed by atoms with Crippen molar-refractivity contribution in [2.75, 3.05) is 6.61 Å². The smallest absolute Gasteiger partial charge is 0.335 e. The lowest BCUT2D eigenvalue weighted by molar-refractivity contribution is 0.0697. The second kappa shape index (κ2) is 5.17. The fraction of sp³-hybridized carbons (Fsp3) is 0.357. The summed E-state index contributed by atoms with van der Waals surface area (Å²) in [6.45, 7) is 0.859. The molecule has 0 aliphatic carbocycles. The third-order valence-electron chi connectivity index (χ3n) is 3.64. The van der Waals surface area contributed by atoms with Crippen LogP contribution < -0.4 is 11.2 Å². The van der Waals surface area contributed by atoms with Crippen molar-refractivity contribution in [1.29, 1.82) is 0 Å². The Morgan fingerprint density at radius 1 is 1.43 bits per heavy atom. The van der Waals surface area contributed by atoms with Gasteiger partial charge in [-0.1, -0.05) is 0 Å². The van der Waals surface area contributed by atoms with Crippen molar-refractivity contribution in [2.24, 2.45) is 0 Å². The first kappa shape index (κ1) is 13.6. The zero-order valence-corrected chi connectivity index (χ0v) is 11.2. The molecule has 1 aliphatic heterocycles. The SMILES string of the molecule is O=C(O)c1ccc2c(=O)n(CC3CCCO3)c(=O)[nH]c2c1. The monoisotopic (exact) mass is 290 g/mol. The second-order valence-corrected chi connectivity index (χ2v) is 5.05. The molecule has 0 saturated carbocycles. The lowest BCUT2D eigenvalue weighted by Gasteiger charge is -2.11. The molecule has 1 unspecified atom stereocenters. The van der Waals surface area contributed by atoms with Crippen molar-refractivity contribution in [3.8, 4) is 0 Å². The van der Waals surface area contributed by atoms with Crippen molar-refractivity contribution in [3.05, 3.63) is 44.6 Å². The maximum atomic E-state index is 12.4. The van der Waals surface area contributed by atoms with Gasteiger partial charge in [0.25, 0.3) is 5.56 Å². The van der Waals surface area contributed by atoms with Gasteiger partial charge in [-0.2, -0.15) is 0 Å². The number of aromatic amines is 1. The molecule has 110 valence electrons. The number of rotatable bonds is 3. The van der Waals surface area contributed by atoms with Crippen LogP contribution in [-0.2, 0) is 11.3 Å². The lowest BCUT2D eigenvalue weighted by atomic mass is 10.1. The molecule has 1 saturated heterocycles. The number of H-pyrrole nitrogens is 1. The Morgan fingerprint density at radius 3 is 2.90 bits per heavy atom. The van der Waals surface area contributed by atoms with Gasteiger partial charge >= 0.3 is 11.7 Å². The highest BCUT2D eigenvalue weighted by Gasteiger charge is 2.19. The Morgan fingerprint density at radius 2 is 2.24 bits per heavy atom. The molecule has 2 heterocycles. The third kappa shape index (κ3) is 2.47. The van der Waals surface area contributed by atoms with Gasteiger partial charge in [0.05, 0.1) is 29.1 Å². The van der Waals surface area contributed by atoms with Gasteiger partial charge in [-0.3, -0.25) is 9.36 Å². The summed E-state index contributed by atoms with van der Waals surface area (Å²) in [5.74, 6) is -1.11. The molecule has 0 bridgehead atoms. The van der Waals surface area contributed by atoms with Gasteiger partial charge in [-0.05, 0) is 31.0 Å². The van der Waals surface area contributed by atoms with Crippen LogP contribution in [0.5, 0.6) is 0 Å². The van der Waals surface area contributed by atoms with Crippen LogP contribution in [-0.4, -0.2) is 33.3 Å². The van der Waals surface area contributed by atoms with Crippen molar-refractivity contribution in [3.63, 3.8) is 0 Å². The number of nitrogens with one attached hydrogen (secondary N) is 1. The number of carbonyl (C=O) groups is 1. The van der Waals surface area contributed by atoms with Crippen molar-refractivity contribution >= 4 is 16.9 Å². The van der Waals surface area contributed by atoms with E-state index in [0.717, 1.165) is 17.4 Å². The Balaban J connectivity index is 2.10. The molecule has 2 N–H and O–H groups in total. The van der Waals surface area contributed by atoms with E-state index in [2.05, 4.69) is 4.98 Å². The summed E-state index contributed by atoms with van der Waals surface area (Å²) in [4.78, 5) is 37.9. The lowest BCUT2D eigenvalue weighted by Crippen LogP contribution is -2.38. The maximum absolute atomic E-state index is 12.4. The molecule has 7 heteroatoms. The molecule has 0 radical (unpaired) electrons. The predicted octanol–water partition coefficient (Wildman–Crippen LogP) is 0.567. The molecular formula is C14H14N2O5. The number of benzene rings is 1. The van der Waals surface area contributed by atoms with E-state index in [9.17, 15) is 14.4 Å². The van der Waals surface area contributed by atoms with E-state index in [4.69, 9.17) is 9.84 Å². The van der Waals surface area contributed by atoms with Gasteiger partial charge in [0.15, 0.2) is 0 Å². The highest BCUT2D eigenvalue weighted by molar-refractivity contribution is 5.92. The van der Waals surface area contributed by atoms with Gasteiger partial charge in [0.1, 0.15) is 0 Å². The normalized spacial score (nSPS) is 18.2. The second-order valence-electron chi connectivity index (χ2n) is 5.05. The zero-order valence-electron chi connectivity index (χ0n) is 11.2. The largest absolute Gasteiger partial charge is 0.478 e. The molecule has 0 amide bonds. The summed E-state index contributed by atoms with van der Waals surface area (Å²) in [5, 5.41) is 9.22. The number of ether oxygens (including phenoxy) is 1. The van der Waals surface area contributed by atoms with Crippen LogP contribution in [0.2, 0.25) is 0 Å². The van der Waals surface area contributed by atoms with E-state index in [1.807, 2.05) is 0 Å². The summed E-state index contributed by atoms with van der Waals surface area (Å²) in [5.41, 5.74) is -0.727. The zero-order chi connectivity index (χ0) is 15.0. The molecule has 7 nitrogen and oxygen atoms in total. The molecular weight excluding hydrogens is 276 g/mol. The van der Waals surface area contributed by atoms with Crippen molar-refractivity contribution in [2.45, 2.75) is 25.5 Å². The quantitative estimate of drug-likeness (QED) is 0.860. The van der Waals surface area contributed by atoms with Crippen molar-refractivity contribution < 1.29 is 14.6 Å². The molecule has 1 fully saturated rings. The molecule has 1 aromatic carbocycles. The van der Waals surface area contributed by atoms with Crippen LogP contribution in [0.25, 0.3) is 10.9 Å². The number of fused-ring (bicyclic) bond motifs is 1. The fourth-order valence-corrected chi connectivity index (χ4v) is 2.55. The minimum absolute atomic E-state index is 0.0226. The topological polar surface area (TPSA) is 101 Å². The molecule has 1 aliphatic rings. The first-order valence-corrected chi connectivity index (χ1v) is 6.68. The van der Waals surface area contributed by atoms with E-state index in [-0.39, 0.29) is 29.1 Å². The molecule has 1 aromatic heterocycles. The average Bonchev–Trinajstić information content (AvgIpc) is 2.95. The number of hydrogen-bond donors (Lipinski definition) is 2. The average molecular weight is 290 g/mol. The Kier molecular flexibility index (Phi) is 3.34. The van der Waals surface area contributed by atoms with E-state index in [1.165, 1.54) is 18.2 Å². The third-order valence-corrected chi connectivity index (χ3v) is 3.64. The summed E-state index contributed by atoms with van der Waals surface area (Å²) in [7, 11) is 0. The number of carboxylic acids is 1. The number of aromatic carboxylic acids is 1. The fourth-order valence-electron chi connectivity index (χ4n) is 2.55. The molecule has 1 atom stereocenters. The Labute approximate surface area is 118 Å². The Bertz CT molecular complexity index is 814. The highest BCUT2D eigenvalue weighted by atomic mass is 16.5. The highest BCUT2D eigenvalue weighted by Crippen LogP contribution is 2.13. The Hall–Kier alpha value is -2.41. The molecule has 2 aromatic rings. The summed E-state index contributed by atoms with van der Waals surface area (Å²) in [6, 6.07) is 4.06. The number of hydrogen-bond acceptors (Lipinski definition) is 4. The minimum Gasteiger partial charge on any atom is -0.478 e. The van der Waals surface area contributed by atoms with Crippen LogP contribution in [0.3, 0.4) is 0 Å². The number of nitrogens with zero attached hydrogens (tertiary/aromatic N) is 1. The summed E-state index contributed by atoms with van der Waals surface area (Å²) in [6.07, 6.45) is 1.62. The van der Waals surface area contributed by atoms with E-state index in [1.54, 1.807) is 0 Å². The number of aromatic nitrogens is 2. The van der Waals surface area contributed by atoms with Crippen LogP contribution >= 0.6 is 0 Å². The van der Waals surface area contributed by atoms with Gasteiger partial charge in [-0.15, -0.1) is 0 Å². The molecule has 0 spiro atoms. The summed E-state index contributed by atoms with van der Waals surface area (Å²) >= 11 is 0. The first-order valence-electron chi connectivity index (χ1n) is 6.68. The number of carboxylic acid groups (broad SMARTS) is 1. The van der Waals surface area contributed by atoms with Crippen LogP contribution in [0.4, 0.5) is 0 Å². The minimum atomic E-state index is -1.11. The predicted molar refractivity (Wildman–Crippen MR) is 74.8 cm³/mol. The van der Waals surface area contributed by atoms with E-state index in [0.29, 0.717) is 6.61 Å². The van der Waals surface area contributed by atoms with Gasteiger partial charge < -0.3 is 14.8 Å². The first-order chi connectivity index (χ1) is 10.1. The van der Waals surface area contributed by atoms with Crippen LogP contribution in [0.15, 0.2) is 27.8 Å². The van der Waals surface area contributed by atoms with E-state index < -0.39 is 17.2 Å².